The van der Waals surface area contributed by atoms with Gasteiger partial charge < -0.3 is 4.74 Å². The highest BCUT2D eigenvalue weighted by Crippen LogP contribution is 2.26. The zero-order chi connectivity index (χ0) is 17.3. The molecule has 2 rings (SSSR count). The van der Waals surface area contributed by atoms with Crippen LogP contribution in [0.15, 0.2) is 35.4 Å². The van der Waals surface area contributed by atoms with Crippen molar-refractivity contribution in [1.82, 2.24) is 4.90 Å². The van der Waals surface area contributed by atoms with Crippen molar-refractivity contribution >= 4 is 21.5 Å². The second-order valence-corrected chi connectivity index (χ2v) is 8.74. The Morgan fingerprint density at radius 1 is 1.17 bits per heavy atom. The highest BCUT2D eigenvalue weighted by atomic mass is 32.2. The molecule has 1 aliphatic rings. The lowest BCUT2D eigenvalue weighted by atomic mass is 9.99. The molecule has 0 bridgehead atoms. The molecule has 0 aliphatic carbocycles. The molecule has 1 aliphatic heterocycles. The minimum absolute atomic E-state index is 0.293. The van der Waals surface area contributed by atoms with Gasteiger partial charge in [-0.2, -0.15) is 0 Å². The Morgan fingerprint density at radius 3 is 2.30 bits per heavy atom. The number of hydrogen-bond acceptors (Lipinski definition) is 4. The molecular weight excluding hydrogens is 314 g/mol. The molecule has 126 valence electrons. The maximum Gasteiger partial charge on any atom is 0.414 e. The van der Waals surface area contributed by atoms with Gasteiger partial charge in [-0.15, -0.1) is 0 Å². The molecule has 1 aromatic carbocycles. The number of carbonyl (C=O) groups excluding carboxylic acids is 1. The summed E-state index contributed by atoms with van der Waals surface area (Å²) in [5.74, 6) is 0. The molecule has 0 spiro atoms. The number of benzene rings is 1. The van der Waals surface area contributed by atoms with Crippen LogP contribution in [-0.2, 0) is 14.6 Å². The molecule has 23 heavy (non-hydrogen) atoms. The molecule has 5 nitrogen and oxygen atoms in total. The minimum atomic E-state index is -3.20. The first-order valence-corrected chi connectivity index (χ1v) is 9.46. The van der Waals surface area contributed by atoms with Crippen LogP contribution in [0, 0.1) is 0 Å². The molecule has 0 atom stereocenters. The average Bonchev–Trinajstić information content (AvgIpc) is 2.45. The molecule has 1 amide bonds. The van der Waals surface area contributed by atoms with Crippen molar-refractivity contribution in [1.29, 1.82) is 0 Å². The average molecular weight is 337 g/mol. The third-order valence-corrected chi connectivity index (χ3v) is 4.57. The van der Waals surface area contributed by atoms with Gasteiger partial charge in [0.15, 0.2) is 9.84 Å². The van der Waals surface area contributed by atoms with Crippen LogP contribution in [-0.4, -0.2) is 37.8 Å². The number of carbonyl (C=O) groups is 1. The van der Waals surface area contributed by atoms with E-state index < -0.39 is 15.4 Å². The Hall–Kier alpha value is -1.82. The third-order valence-electron chi connectivity index (χ3n) is 3.44. The van der Waals surface area contributed by atoms with E-state index in [0.717, 1.165) is 24.0 Å². The molecule has 0 fully saturated rings. The lowest BCUT2D eigenvalue weighted by Gasteiger charge is -2.28. The summed E-state index contributed by atoms with van der Waals surface area (Å²) in [5, 5.41) is 0. The fourth-order valence-corrected chi connectivity index (χ4v) is 2.99. The van der Waals surface area contributed by atoms with Crippen molar-refractivity contribution in [2.75, 3.05) is 12.8 Å². The number of amides is 1. The van der Waals surface area contributed by atoms with E-state index in [1.165, 1.54) is 6.26 Å². The van der Waals surface area contributed by atoms with E-state index in [2.05, 4.69) is 0 Å². The van der Waals surface area contributed by atoms with Crippen LogP contribution in [0.1, 0.15) is 39.2 Å². The van der Waals surface area contributed by atoms with E-state index in [1.807, 2.05) is 20.8 Å². The van der Waals surface area contributed by atoms with Gasteiger partial charge in [0.1, 0.15) is 5.60 Å². The molecule has 0 N–H and O–H groups in total. The second kappa shape index (κ2) is 6.35. The third kappa shape index (κ3) is 4.82. The van der Waals surface area contributed by atoms with Crippen LogP contribution < -0.4 is 0 Å². The maximum absolute atomic E-state index is 12.2. The van der Waals surface area contributed by atoms with Crippen LogP contribution in [0.2, 0.25) is 0 Å². The highest BCUT2D eigenvalue weighted by molar-refractivity contribution is 7.90. The van der Waals surface area contributed by atoms with E-state index in [0.29, 0.717) is 11.4 Å². The first-order valence-electron chi connectivity index (χ1n) is 7.57. The van der Waals surface area contributed by atoms with E-state index in [4.69, 9.17) is 4.74 Å². The van der Waals surface area contributed by atoms with Crippen molar-refractivity contribution in [3.63, 3.8) is 0 Å². The Bertz CT molecular complexity index is 712. The molecule has 6 heteroatoms. The zero-order valence-corrected chi connectivity index (χ0v) is 14.8. The molecule has 0 saturated carbocycles. The molecule has 0 saturated heterocycles. The normalized spacial score (nSPS) is 16.0. The van der Waals surface area contributed by atoms with Crippen LogP contribution >= 0.6 is 0 Å². The second-order valence-electron chi connectivity index (χ2n) is 6.73. The van der Waals surface area contributed by atoms with Crippen LogP contribution in [0.4, 0.5) is 4.79 Å². The number of sulfone groups is 1. The lowest BCUT2D eigenvalue weighted by molar-refractivity contribution is 0.0329. The summed E-state index contributed by atoms with van der Waals surface area (Å²) < 4.78 is 28.4. The Balaban J connectivity index is 2.20. The molecule has 0 aromatic heterocycles. The fourth-order valence-electron chi connectivity index (χ4n) is 2.36. The van der Waals surface area contributed by atoms with Gasteiger partial charge in [0.05, 0.1) is 4.90 Å². The van der Waals surface area contributed by atoms with Gasteiger partial charge in [0.25, 0.3) is 0 Å². The molecule has 1 heterocycles. The Labute approximate surface area is 137 Å². The van der Waals surface area contributed by atoms with E-state index >= 15 is 0 Å². The quantitative estimate of drug-likeness (QED) is 0.829. The van der Waals surface area contributed by atoms with Crippen molar-refractivity contribution in [2.24, 2.45) is 0 Å². The van der Waals surface area contributed by atoms with Gasteiger partial charge in [-0.3, -0.25) is 4.90 Å². The summed E-state index contributed by atoms with van der Waals surface area (Å²) in [6.45, 7) is 6.13. The molecule has 1 aromatic rings. The smallest absolute Gasteiger partial charge is 0.414 e. The maximum atomic E-state index is 12.2. The summed E-state index contributed by atoms with van der Waals surface area (Å²) in [7, 11) is -3.20. The van der Waals surface area contributed by atoms with E-state index in [9.17, 15) is 13.2 Å². The molecule has 0 unspecified atom stereocenters. The molecule has 0 radical (unpaired) electrons. The largest absolute Gasteiger partial charge is 0.443 e. The lowest BCUT2D eigenvalue weighted by Crippen LogP contribution is -2.35. The first-order chi connectivity index (χ1) is 10.6. The summed E-state index contributed by atoms with van der Waals surface area (Å²) >= 11 is 0. The standard InChI is InChI=1S/C17H23NO4S/c1-17(2,3)22-16(19)18-11-5-6-14(12-18)13-7-9-15(10-8-13)23(4,20)21/h7-10,12H,5-6,11H2,1-4H3. The van der Waals surface area contributed by atoms with E-state index in [-0.39, 0.29) is 6.09 Å². The predicted molar refractivity (Wildman–Crippen MR) is 89.7 cm³/mol. The predicted octanol–water partition coefficient (Wildman–Crippen LogP) is 3.46. The molecular formula is C17H23NO4S. The number of nitrogens with zero attached hydrogens (tertiary/aromatic N) is 1. The topological polar surface area (TPSA) is 63.7 Å². The number of allylic oxidation sites excluding steroid dienone is 1. The number of rotatable bonds is 2. The van der Waals surface area contributed by atoms with Crippen LogP contribution in [0.3, 0.4) is 0 Å². The monoisotopic (exact) mass is 337 g/mol. The van der Waals surface area contributed by atoms with Gasteiger partial charge in [0, 0.05) is 19.0 Å². The first kappa shape index (κ1) is 17.5. The highest BCUT2D eigenvalue weighted by Gasteiger charge is 2.23. The Kier molecular flexibility index (Phi) is 4.84. The van der Waals surface area contributed by atoms with Crippen molar-refractivity contribution in [3.05, 3.63) is 36.0 Å². The summed E-state index contributed by atoms with van der Waals surface area (Å²) in [6.07, 6.45) is 4.32. The SMILES string of the molecule is CC(C)(C)OC(=O)N1C=C(c2ccc(S(C)(=O)=O)cc2)CCC1. The van der Waals surface area contributed by atoms with E-state index in [1.54, 1.807) is 35.4 Å². The zero-order valence-electron chi connectivity index (χ0n) is 14.0. The van der Waals surface area contributed by atoms with Crippen molar-refractivity contribution < 1.29 is 17.9 Å². The fraction of sp³-hybridized carbons (Fsp3) is 0.471. The number of hydrogen-bond donors (Lipinski definition) is 0. The van der Waals surface area contributed by atoms with Gasteiger partial charge in [-0.25, -0.2) is 13.2 Å². The van der Waals surface area contributed by atoms with Crippen molar-refractivity contribution in [2.45, 2.75) is 44.1 Å². The van der Waals surface area contributed by atoms with Gasteiger partial charge in [-0.05, 0) is 56.9 Å². The van der Waals surface area contributed by atoms with Gasteiger partial charge in [0.2, 0.25) is 0 Å². The van der Waals surface area contributed by atoms with Crippen LogP contribution in [0.5, 0.6) is 0 Å². The summed E-state index contributed by atoms with van der Waals surface area (Å²) in [4.78, 5) is 14.0. The van der Waals surface area contributed by atoms with Crippen LogP contribution in [0.25, 0.3) is 5.57 Å². The summed E-state index contributed by atoms with van der Waals surface area (Å²) in [6, 6.07) is 6.75. The van der Waals surface area contributed by atoms with Gasteiger partial charge >= 0.3 is 6.09 Å². The number of ether oxygens (including phenoxy) is 1. The summed E-state index contributed by atoms with van der Waals surface area (Å²) in [5.41, 5.74) is 1.40. The Morgan fingerprint density at radius 2 is 1.78 bits per heavy atom. The minimum Gasteiger partial charge on any atom is -0.443 e. The van der Waals surface area contributed by atoms with Crippen molar-refractivity contribution in [3.8, 4) is 0 Å². The van der Waals surface area contributed by atoms with Gasteiger partial charge in [-0.1, -0.05) is 12.1 Å².